The molecule has 105 heavy (non-hydrogen) atoms. The number of aliphatic carboxylic acids is 1. The van der Waals surface area contributed by atoms with Crippen LogP contribution in [0.15, 0.2) is 0 Å². The van der Waals surface area contributed by atoms with Gasteiger partial charge in [0.25, 0.3) is 11.8 Å². The van der Waals surface area contributed by atoms with Gasteiger partial charge < -0.3 is 101 Å². The summed E-state index contributed by atoms with van der Waals surface area (Å²) in [6.07, 6.45) is -16.2. The molecule has 0 aliphatic carbocycles. The summed E-state index contributed by atoms with van der Waals surface area (Å²) >= 11 is 2.03. The number of nitrogens with zero attached hydrogens (tertiary/aromatic N) is 8. The SMILES string of the molecule is CC(=O)N(C[C@H](O)COc1nsnc1N1CCOCC1)C(C)(C)C.CC(=O)O[C@@H](C)C(=O)O[C@@H](C)C(=O)O[C@@H](C)C(=O)O[C@@H](C)C(=O)O[C@@H](C)C(=O)O[C@H](COc1nsnc1N1CCOCC1)CN(C(C)=O)C(C)(C)C.CC(=O)O[C@@H](C)C(=O)O[C@H](C)C(=O)O[C@H](C)C(=O)O[C@H](C)C(=O)O[C@H](C)C(=O)O. The van der Waals surface area contributed by atoms with E-state index in [0.29, 0.717) is 57.0 Å². The van der Waals surface area contributed by atoms with E-state index in [1.54, 1.807) is 4.90 Å². The maximum atomic E-state index is 13.1. The quantitative estimate of drug-likeness (QED) is 0.0755. The third-order valence-corrected chi connectivity index (χ3v) is 15.1. The average Bonchev–Trinajstić information content (AvgIpc) is 1.80. The Labute approximate surface area is 615 Å². The number of ether oxygens (including phenoxy) is 15. The molecule has 2 aromatic rings. The second kappa shape index (κ2) is 43.9. The van der Waals surface area contributed by atoms with Gasteiger partial charge in [0.1, 0.15) is 19.3 Å². The van der Waals surface area contributed by atoms with Crippen LogP contribution >= 0.6 is 23.5 Å². The van der Waals surface area contributed by atoms with Crippen molar-refractivity contribution in [2.24, 2.45) is 0 Å². The van der Waals surface area contributed by atoms with E-state index < -0.39 is 150 Å². The number of aliphatic hydroxyl groups excluding tert-OH is 1. The molecular weight excluding hydrogens is 1440 g/mol. The van der Waals surface area contributed by atoms with E-state index in [0.717, 1.165) is 78.1 Å². The summed E-state index contributed by atoms with van der Waals surface area (Å²) in [7, 11) is 0. The number of esters is 11. The topological polar surface area (TPSA) is 482 Å². The van der Waals surface area contributed by atoms with E-state index in [2.05, 4.69) is 36.6 Å². The van der Waals surface area contributed by atoms with Gasteiger partial charge in [0.05, 0.1) is 63.0 Å². The molecule has 2 saturated heterocycles. The summed E-state index contributed by atoms with van der Waals surface area (Å²) < 4.78 is 93.1. The van der Waals surface area contributed by atoms with Crippen molar-refractivity contribution in [2.45, 2.75) is 223 Å². The Morgan fingerprint density at radius 2 is 0.657 bits per heavy atom. The summed E-state index contributed by atoms with van der Waals surface area (Å²) in [6.45, 7) is 33.1. The lowest BCUT2D eigenvalue weighted by molar-refractivity contribution is -0.187. The first-order chi connectivity index (χ1) is 48.7. The molecule has 0 unspecified atom stereocenters. The molecule has 0 spiro atoms. The van der Waals surface area contributed by atoms with Crippen LogP contribution in [0.4, 0.5) is 11.6 Å². The molecule has 0 saturated carbocycles. The first-order valence-corrected chi connectivity index (χ1v) is 34.4. The highest BCUT2D eigenvalue weighted by molar-refractivity contribution is 6.99. The zero-order chi connectivity index (χ0) is 80.0. The highest BCUT2D eigenvalue weighted by atomic mass is 32.1. The number of aromatic nitrogens is 4. The maximum absolute atomic E-state index is 13.1. The van der Waals surface area contributed by atoms with Crippen molar-refractivity contribution in [3.8, 4) is 11.8 Å². The van der Waals surface area contributed by atoms with Gasteiger partial charge in [0.15, 0.2) is 67.1 Å². The van der Waals surface area contributed by atoms with Crippen LogP contribution in [0.1, 0.15) is 138 Å². The number of aliphatic hydroxyl groups is 1. The second-order valence-corrected chi connectivity index (χ2v) is 26.5. The van der Waals surface area contributed by atoms with E-state index in [4.69, 9.17) is 61.9 Å². The van der Waals surface area contributed by atoms with Gasteiger partial charge in [-0.3, -0.25) is 19.2 Å². The van der Waals surface area contributed by atoms with Crippen LogP contribution in [0.2, 0.25) is 0 Å². The first-order valence-electron chi connectivity index (χ1n) is 33.0. The fraction of sp³-hybridized carbons (Fsp3) is 0.719. The molecule has 2 fully saturated rings. The van der Waals surface area contributed by atoms with Gasteiger partial charge in [0.2, 0.25) is 23.5 Å². The van der Waals surface area contributed by atoms with Crippen molar-refractivity contribution in [3.63, 3.8) is 0 Å². The van der Waals surface area contributed by atoms with Crippen molar-refractivity contribution in [1.82, 2.24) is 27.3 Å². The van der Waals surface area contributed by atoms with Crippen LogP contribution in [-0.4, -0.2) is 284 Å². The molecule has 0 radical (unpaired) electrons. The van der Waals surface area contributed by atoms with Crippen molar-refractivity contribution in [2.75, 3.05) is 88.7 Å². The van der Waals surface area contributed by atoms with Crippen LogP contribution in [0, 0.1) is 0 Å². The number of carboxylic acid groups (broad SMARTS) is 1. The van der Waals surface area contributed by atoms with Crippen molar-refractivity contribution in [1.29, 1.82) is 0 Å². The molecule has 39 nitrogen and oxygen atoms in total. The van der Waals surface area contributed by atoms with Gasteiger partial charge in [-0.1, -0.05) is 0 Å². The lowest BCUT2D eigenvalue weighted by Crippen LogP contribution is -2.50. The number of morpholine rings is 2. The standard InChI is InChI=1S/C32H48N4O15S.C17H24O12.C15H26N4O4S/c1-17(46-23(7)38)27(39)47-18(2)28(40)48-19(3)29(41)49-20(4)30(42)50-21(5)31(43)51-24(15-36(22(6)37)32(8,9)10)16-45-26-25(33-52-34-26)35-11-13-44-14-12-35;1-7(13(19)20)26-15(22)9(3)28-17(24)11(5)29-16(23)10(4)27-14(21)8(2)25-12(6)18;1-11(20)19(15(2,3)4)9-12(21)10-23-14-13(16-24-17-14)18-5-7-22-8-6-18/h17-21,24H,11-16H2,1-10H3;7-11H,1-6H3,(H,19,20);12,21H,5-10H2,1-4H3/t17-,18-,19-,20-,21-,24-;7-,8+,9-,10-,11-;12-/m010/s1. The van der Waals surface area contributed by atoms with E-state index >= 15 is 0 Å². The Balaban J connectivity index is 0.000000593. The highest BCUT2D eigenvalue weighted by Crippen LogP contribution is 2.29. The minimum Gasteiger partial charge on any atom is -0.479 e. The van der Waals surface area contributed by atoms with Gasteiger partial charge >= 0.3 is 71.6 Å². The molecule has 4 heterocycles. The molecule has 2 amide bonds. The molecule has 2 N–H and O–H groups in total. The lowest BCUT2D eigenvalue weighted by atomic mass is 10.1. The van der Waals surface area contributed by atoms with Gasteiger partial charge in [-0.15, -0.1) is 8.75 Å². The molecule has 2 aliphatic rings. The van der Waals surface area contributed by atoms with Crippen LogP contribution in [0.3, 0.4) is 0 Å². The van der Waals surface area contributed by atoms with E-state index in [1.807, 2.05) is 46.4 Å². The number of anilines is 2. The Morgan fingerprint density at radius 1 is 0.400 bits per heavy atom. The zero-order valence-electron chi connectivity index (χ0n) is 62.5. The zero-order valence-corrected chi connectivity index (χ0v) is 64.2. The molecule has 592 valence electrons. The summed E-state index contributed by atoms with van der Waals surface area (Å²) in [5.74, 6) is -11.0. The normalized spacial score (nSPS) is 16.3. The summed E-state index contributed by atoms with van der Waals surface area (Å²) in [5, 5.41) is 18.9. The Hall–Kier alpha value is -9.22. The molecule has 12 atom stereocenters. The number of rotatable bonds is 33. The molecular formula is C64H98N8O31S2. The first kappa shape index (κ1) is 91.9. The number of hydrogen-bond acceptors (Lipinski definition) is 38. The summed E-state index contributed by atoms with van der Waals surface area (Å²) in [6, 6.07) is 0. The van der Waals surface area contributed by atoms with Crippen molar-refractivity contribution in [3.05, 3.63) is 0 Å². The largest absolute Gasteiger partial charge is 0.479 e. The average molecular weight is 1540 g/mol. The minimum atomic E-state index is -1.55. The second-order valence-electron chi connectivity index (χ2n) is 25.4. The number of carboxylic acids is 1. The van der Waals surface area contributed by atoms with Crippen LogP contribution in [0.25, 0.3) is 0 Å². The van der Waals surface area contributed by atoms with Gasteiger partial charge in [0, 0.05) is 65.0 Å². The number of carbonyl (C=O) groups excluding carboxylic acids is 13. The maximum Gasteiger partial charge on any atom is 0.347 e. The fourth-order valence-corrected chi connectivity index (χ4v) is 9.60. The molecule has 0 bridgehead atoms. The van der Waals surface area contributed by atoms with E-state index in [-0.39, 0.29) is 49.5 Å². The highest BCUT2D eigenvalue weighted by Gasteiger charge is 2.37. The van der Waals surface area contributed by atoms with Crippen molar-refractivity contribution < 1.29 is 148 Å². The molecule has 4 rings (SSSR count). The molecule has 2 aliphatic heterocycles. The fourth-order valence-electron chi connectivity index (χ4n) is 8.56. The van der Waals surface area contributed by atoms with Crippen LogP contribution in [0.5, 0.6) is 11.8 Å². The minimum absolute atomic E-state index is 0.0581. The number of hydrogen-bond donors (Lipinski definition) is 2. The predicted molar refractivity (Wildman–Crippen MR) is 362 cm³/mol. The predicted octanol–water partition coefficient (Wildman–Crippen LogP) is 1.50. The van der Waals surface area contributed by atoms with E-state index in [1.165, 1.54) is 60.3 Å². The Morgan fingerprint density at radius 3 is 0.924 bits per heavy atom. The molecule has 2 aromatic heterocycles. The van der Waals surface area contributed by atoms with Gasteiger partial charge in [-0.05, 0) is 111 Å². The smallest absolute Gasteiger partial charge is 0.347 e. The third kappa shape index (κ3) is 33.2. The number of carbonyl (C=O) groups is 14. The Kier molecular flexibility index (Phi) is 38.4. The van der Waals surface area contributed by atoms with Crippen LogP contribution in [-0.2, 0) is 129 Å². The monoisotopic (exact) mass is 1540 g/mol. The number of amides is 2. The Bertz CT molecular complexity index is 3250. The van der Waals surface area contributed by atoms with Gasteiger partial charge in [-0.25, -0.2) is 47.9 Å². The summed E-state index contributed by atoms with van der Waals surface area (Å²) in [5.41, 5.74) is -0.999. The third-order valence-electron chi connectivity index (χ3n) is 14.1. The van der Waals surface area contributed by atoms with E-state index in [9.17, 15) is 72.2 Å². The summed E-state index contributed by atoms with van der Waals surface area (Å²) in [4.78, 5) is 174. The molecule has 0 aromatic carbocycles. The lowest BCUT2D eigenvalue weighted by Gasteiger charge is -2.37. The van der Waals surface area contributed by atoms with Crippen LogP contribution < -0.4 is 19.3 Å². The van der Waals surface area contributed by atoms with Gasteiger partial charge in [-0.2, -0.15) is 8.75 Å². The number of β-amino-alcohol motifs (C(OH)–C–C–N with tert-alkyl or cyclic N) is 1. The molecule has 41 heteroatoms. The van der Waals surface area contributed by atoms with Crippen molar-refractivity contribution >= 4 is 119 Å².